The van der Waals surface area contributed by atoms with Crippen LogP contribution in [-0.2, 0) is 6.54 Å². The highest BCUT2D eigenvalue weighted by Crippen LogP contribution is 2.22. The fourth-order valence-corrected chi connectivity index (χ4v) is 3.41. The lowest BCUT2D eigenvalue weighted by molar-refractivity contribution is 0.578. The monoisotopic (exact) mass is 291 g/mol. The summed E-state index contributed by atoms with van der Waals surface area (Å²) < 4.78 is 0. The molecule has 1 aromatic carbocycles. The number of hydrogen-bond donors (Lipinski definition) is 1. The van der Waals surface area contributed by atoms with E-state index in [1.54, 1.807) is 11.8 Å². The number of nitrogens with one attached hydrogen (secondary N) is 1. The van der Waals surface area contributed by atoms with E-state index in [4.69, 9.17) is 0 Å². The molecule has 0 aliphatic rings. The molecule has 0 spiro atoms. The van der Waals surface area contributed by atoms with Crippen LogP contribution in [0.25, 0.3) is 0 Å². The Balaban J connectivity index is 1.94. The Morgan fingerprint density at radius 3 is 2.42 bits per heavy atom. The Labute approximate surface area is 124 Å². The van der Waals surface area contributed by atoms with E-state index in [0.29, 0.717) is 6.04 Å². The summed E-state index contributed by atoms with van der Waals surface area (Å²) in [6, 6.07) is 11.5. The maximum absolute atomic E-state index is 3.60. The molecule has 0 bridgehead atoms. The highest BCUT2D eigenvalue weighted by molar-refractivity contribution is 7.98. The fourth-order valence-electron chi connectivity index (χ4n) is 2.00. The largest absolute Gasteiger partial charge is 0.305 e. The van der Waals surface area contributed by atoms with E-state index >= 15 is 0 Å². The molecule has 0 radical (unpaired) electrons. The van der Waals surface area contributed by atoms with Gasteiger partial charge in [0, 0.05) is 27.2 Å². The van der Waals surface area contributed by atoms with E-state index in [-0.39, 0.29) is 0 Å². The second-order valence-corrected chi connectivity index (χ2v) is 7.05. The van der Waals surface area contributed by atoms with Crippen LogP contribution in [0.15, 0.2) is 35.2 Å². The third kappa shape index (κ3) is 3.85. The summed E-state index contributed by atoms with van der Waals surface area (Å²) in [6.07, 6.45) is 2.11. The van der Waals surface area contributed by atoms with Gasteiger partial charge in [-0.25, -0.2) is 0 Å². The minimum absolute atomic E-state index is 0.388. The van der Waals surface area contributed by atoms with Gasteiger partial charge in [-0.05, 0) is 56.4 Å². The molecule has 3 heteroatoms. The molecule has 0 aliphatic carbocycles. The van der Waals surface area contributed by atoms with Gasteiger partial charge < -0.3 is 5.32 Å². The molecule has 1 heterocycles. The molecule has 1 unspecified atom stereocenters. The molecule has 0 aliphatic heterocycles. The molecule has 0 fully saturated rings. The molecule has 1 nitrogen and oxygen atoms in total. The SMILES string of the molecule is CSc1ccc(C(C)NCc2cc(C)c(C)s2)cc1. The average molecular weight is 291 g/mol. The van der Waals surface area contributed by atoms with Crippen molar-refractivity contribution in [3.63, 3.8) is 0 Å². The molecule has 1 N–H and O–H groups in total. The zero-order chi connectivity index (χ0) is 13.8. The summed E-state index contributed by atoms with van der Waals surface area (Å²) in [6.45, 7) is 7.54. The van der Waals surface area contributed by atoms with E-state index in [1.807, 2.05) is 11.3 Å². The summed E-state index contributed by atoms with van der Waals surface area (Å²) >= 11 is 3.68. The average Bonchev–Trinajstić information content (AvgIpc) is 2.75. The van der Waals surface area contributed by atoms with Crippen LogP contribution in [0.3, 0.4) is 0 Å². The second kappa shape index (κ2) is 6.60. The summed E-state index contributed by atoms with van der Waals surface area (Å²) in [5, 5.41) is 3.60. The Hall–Kier alpha value is -0.770. The Morgan fingerprint density at radius 1 is 1.21 bits per heavy atom. The summed E-state index contributed by atoms with van der Waals surface area (Å²) in [7, 11) is 0. The molecule has 0 amide bonds. The smallest absolute Gasteiger partial charge is 0.0305 e. The van der Waals surface area contributed by atoms with Gasteiger partial charge in [0.05, 0.1) is 0 Å². The van der Waals surface area contributed by atoms with Gasteiger partial charge >= 0.3 is 0 Å². The normalized spacial score (nSPS) is 12.6. The lowest BCUT2D eigenvalue weighted by atomic mass is 10.1. The summed E-state index contributed by atoms with van der Waals surface area (Å²) in [5.74, 6) is 0. The predicted octanol–water partition coefficient (Wildman–Crippen LogP) is 4.94. The summed E-state index contributed by atoms with van der Waals surface area (Å²) in [5.41, 5.74) is 2.75. The third-order valence-electron chi connectivity index (χ3n) is 3.42. The number of benzene rings is 1. The van der Waals surface area contributed by atoms with E-state index in [0.717, 1.165) is 6.54 Å². The highest BCUT2D eigenvalue weighted by Gasteiger charge is 2.06. The fraction of sp³-hybridized carbons (Fsp3) is 0.375. The van der Waals surface area contributed by atoms with Crippen LogP contribution in [0.5, 0.6) is 0 Å². The standard InChI is InChI=1S/C16H21NS2/c1-11-9-16(19-13(11)3)10-17-12(2)14-5-7-15(18-4)8-6-14/h5-9,12,17H,10H2,1-4H3. The van der Waals surface area contributed by atoms with Crippen LogP contribution in [0, 0.1) is 13.8 Å². The molecule has 19 heavy (non-hydrogen) atoms. The highest BCUT2D eigenvalue weighted by atomic mass is 32.2. The number of aryl methyl sites for hydroxylation is 2. The van der Waals surface area contributed by atoms with Crippen LogP contribution in [0.1, 0.15) is 33.8 Å². The lowest BCUT2D eigenvalue weighted by Crippen LogP contribution is -2.17. The lowest BCUT2D eigenvalue weighted by Gasteiger charge is -2.14. The topological polar surface area (TPSA) is 12.0 Å². The van der Waals surface area contributed by atoms with Gasteiger partial charge in [0.2, 0.25) is 0 Å². The molecule has 0 saturated heterocycles. The van der Waals surface area contributed by atoms with E-state index in [9.17, 15) is 0 Å². The zero-order valence-electron chi connectivity index (χ0n) is 12.0. The van der Waals surface area contributed by atoms with Crippen molar-refractivity contribution in [2.24, 2.45) is 0 Å². The van der Waals surface area contributed by atoms with E-state index in [1.165, 1.54) is 25.8 Å². The first-order chi connectivity index (χ1) is 9.10. The van der Waals surface area contributed by atoms with Gasteiger partial charge in [-0.1, -0.05) is 12.1 Å². The molecule has 0 saturated carbocycles. The number of thiophene rings is 1. The number of thioether (sulfide) groups is 1. The van der Waals surface area contributed by atoms with Crippen molar-refractivity contribution >= 4 is 23.1 Å². The minimum atomic E-state index is 0.388. The minimum Gasteiger partial charge on any atom is -0.305 e. The maximum Gasteiger partial charge on any atom is 0.0305 e. The van der Waals surface area contributed by atoms with Gasteiger partial charge in [-0.3, -0.25) is 0 Å². The molecular weight excluding hydrogens is 270 g/mol. The molecule has 1 aromatic heterocycles. The zero-order valence-corrected chi connectivity index (χ0v) is 13.6. The van der Waals surface area contributed by atoms with Crippen molar-refractivity contribution in [1.82, 2.24) is 5.32 Å². The van der Waals surface area contributed by atoms with Crippen LogP contribution in [-0.4, -0.2) is 6.26 Å². The molecular formula is C16H21NS2. The quantitative estimate of drug-likeness (QED) is 0.783. The Morgan fingerprint density at radius 2 is 1.89 bits per heavy atom. The molecule has 2 aromatic rings. The molecule has 2 rings (SSSR count). The van der Waals surface area contributed by atoms with Crippen molar-refractivity contribution in [2.45, 2.75) is 38.3 Å². The number of hydrogen-bond acceptors (Lipinski definition) is 3. The van der Waals surface area contributed by atoms with Crippen LogP contribution in [0.2, 0.25) is 0 Å². The first-order valence-electron chi connectivity index (χ1n) is 6.53. The van der Waals surface area contributed by atoms with Gasteiger partial charge in [-0.2, -0.15) is 0 Å². The number of rotatable bonds is 5. The Bertz CT molecular complexity index is 509. The van der Waals surface area contributed by atoms with E-state index in [2.05, 4.69) is 62.7 Å². The van der Waals surface area contributed by atoms with Gasteiger partial charge in [0.15, 0.2) is 0 Å². The van der Waals surface area contributed by atoms with Crippen LogP contribution < -0.4 is 5.32 Å². The van der Waals surface area contributed by atoms with Gasteiger partial charge in [0.1, 0.15) is 0 Å². The maximum atomic E-state index is 3.60. The van der Waals surface area contributed by atoms with Crippen LogP contribution in [0.4, 0.5) is 0 Å². The van der Waals surface area contributed by atoms with Crippen molar-refractivity contribution < 1.29 is 0 Å². The second-order valence-electron chi connectivity index (χ2n) is 4.83. The predicted molar refractivity (Wildman–Crippen MR) is 87.3 cm³/mol. The van der Waals surface area contributed by atoms with E-state index < -0.39 is 0 Å². The first-order valence-corrected chi connectivity index (χ1v) is 8.57. The third-order valence-corrected chi connectivity index (χ3v) is 5.31. The van der Waals surface area contributed by atoms with Gasteiger partial charge in [0.25, 0.3) is 0 Å². The molecule has 1 atom stereocenters. The first kappa shape index (κ1) is 14.6. The van der Waals surface area contributed by atoms with Crippen molar-refractivity contribution in [1.29, 1.82) is 0 Å². The molecule has 102 valence electrons. The van der Waals surface area contributed by atoms with Gasteiger partial charge in [-0.15, -0.1) is 23.1 Å². The Kier molecular flexibility index (Phi) is 5.08. The van der Waals surface area contributed by atoms with Crippen molar-refractivity contribution in [3.8, 4) is 0 Å². The van der Waals surface area contributed by atoms with Crippen molar-refractivity contribution in [2.75, 3.05) is 6.26 Å². The summed E-state index contributed by atoms with van der Waals surface area (Å²) in [4.78, 5) is 4.16. The van der Waals surface area contributed by atoms with Crippen LogP contribution >= 0.6 is 23.1 Å². The van der Waals surface area contributed by atoms with Crippen molar-refractivity contribution in [3.05, 3.63) is 51.2 Å².